The molecule has 0 saturated heterocycles. The van der Waals surface area contributed by atoms with Gasteiger partial charge in [-0.1, -0.05) is 145 Å². The van der Waals surface area contributed by atoms with Crippen molar-refractivity contribution in [2.75, 3.05) is 54.1 Å². The van der Waals surface area contributed by atoms with Gasteiger partial charge in [-0.2, -0.15) is 0 Å². The number of quaternary nitrogens is 1. The predicted molar refractivity (Wildman–Crippen MR) is 245 cm³/mol. The summed E-state index contributed by atoms with van der Waals surface area (Å²) in [5, 5.41) is 19.3. The first-order valence-corrected chi connectivity index (χ1v) is 24.3. The minimum Gasteiger partial charge on any atom is -0.457 e. The number of aliphatic hydroxyl groups excluding tert-OH is 2. The molecule has 0 fully saturated rings. The Labute approximate surface area is 360 Å². The van der Waals surface area contributed by atoms with E-state index in [1.54, 1.807) is 0 Å². The highest BCUT2D eigenvalue weighted by Gasteiger charge is 2.26. The molecule has 0 aromatic carbocycles. The molecule has 0 aliphatic rings. The topological polar surface area (TPSA) is 132 Å². The average molecular weight is 853 g/mol. The maximum absolute atomic E-state index is 12.7. The lowest BCUT2D eigenvalue weighted by Gasteiger charge is -2.24. The fraction of sp³-hybridized carbons (Fsp3) is 0.729. The molecule has 0 bridgehead atoms. The van der Waals surface area contributed by atoms with Crippen molar-refractivity contribution in [2.24, 2.45) is 0 Å². The van der Waals surface area contributed by atoms with Crippen LogP contribution in [0.2, 0.25) is 0 Å². The van der Waals surface area contributed by atoms with Crippen LogP contribution in [-0.4, -0.2) is 98.0 Å². The highest BCUT2D eigenvalue weighted by molar-refractivity contribution is 7.47. The number of esters is 1. The van der Waals surface area contributed by atoms with Gasteiger partial charge in [-0.3, -0.25) is 13.8 Å². The number of ether oxygens (including phenoxy) is 2. The van der Waals surface area contributed by atoms with Gasteiger partial charge >= 0.3 is 13.8 Å². The lowest BCUT2D eigenvalue weighted by Crippen LogP contribution is -2.37. The van der Waals surface area contributed by atoms with E-state index in [9.17, 15) is 24.5 Å². The lowest BCUT2D eigenvalue weighted by molar-refractivity contribution is -0.870. The summed E-state index contributed by atoms with van der Waals surface area (Å²) in [6, 6.07) is 0. The van der Waals surface area contributed by atoms with Crippen LogP contribution in [0.15, 0.2) is 72.9 Å². The zero-order valence-electron chi connectivity index (χ0n) is 37.9. The summed E-state index contributed by atoms with van der Waals surface area (Å²) in [7, 11) is 1.57. The summed E-state index contributed by atoms with van der Waals surface area (Å²) in [5.41, 5.74) is 0. The van der Waals surface area contributed by atoms with Crippen LogP contribution in [0.1, 0.15) is 155 Å². The minimum absolute atomic E-state index is 0.0596. The van der Waals surface area contributed by atoms with Crippen molar-refractivity contribution in [1.82, 2.24) is 0 Å². The van der Waals surface area contributed by atoms with Crippen LogP contribution in [-0.2, 0) is 27.9 Å². The third-order valence-electron chi connectivity index (χ3n) is 9.52. The van der Waals surface area contributed by atoms with Crippen LogP contribution in [0.5, 0.6) is 0 Å². The van der Waals surface area contributed by atoms with Crippen molar-refractivity contribution in [1.29, 1.82) is 0 Å². The van der Waals surface area contributed by atoms with Gasteiger partial charge in [-0.15, -0.1) is 0 Å². The van der Waals surface area contributed by atoms with Gasteiger partial charge in [0.2, 0.25) is 0 Å². The maximum atomic E-state index is 12.7. The van der Waals surface area contributed by atoms with Crippen LogP contribution in [0.25, 0.3) is 0 Å². The number of hydrogen-bond acceptors (Lipinski definition) is 8. The number of rotatable bonds is 41. The van der Waals surface area contributed by atoms with E-state index < -0.39 is 32.1 Å². The maximum Gasteiger partial charge on any atom is 0.472 e. The van der Waals surface area contributed by atoms with E-state index in [0.29, 0.717) is 36.9 Å². The van der Waals surface area contributed by atoms with Gasteiger partial charge in [0.05, 0.1) is 46.6 Å². The normalized spacial score (nSPS) is 15.5. The first kappa shape index (κ1) is 56.9. The number of unbranched alkanes of at least 4 members (excludes halogenated alkanes) is 12. The zero-order chi connectivity index (χ0) is 43.7. The van der Waals surface area contributed by atoms with Gasteiger partial charge in [0.15, 0.2) is 0 Å². The quantitative estimate of drug-likeness (QED) is 0.0181. The molecule has 0 aliphatic heterocycles. The first-order valence-electron chi connectivity index (χ1n) is 22.9. The number of hydrogen-bond donors (Lipinski definition) is 3. The Morgan fingerprint density at radius 1 is 0.593 bits per heavy atom. The smallest absolute Gasteiger partial charge is 0.457 e. The molecular weight excluding hydrogens is 765 g/mol. The Bertz CT molecular complexity index is 1210. The second kappa shape index (κ2) is 40.0. The fourth-order valence-corrected chi connectivity index (χ4v) is 6.48. The lowest BCUT2D eigenvalue weighted by atomic mass is 10.1. The number of aliphatic hydroxyl groups is 2. The average Bonchev–Trinajstić information content (AvgIpc) is 3.19. The second-order valence-corrected chi connectivity index (χ2v) is 17.8. The Morgan fingerprint density at radius 2 is 1.08 bits per heavy atom. The van der Waals surface area contributed by atoms with Gasteiger partial charge in [0.25, 0.3) is 0 Å². The van der Waals surface area contributed by atoms with E-state index in [1.807, 2.05) is 52.4 Å². The van der Waals surface area contributed by atoms with E-state index in [-0.39, 0.29) is 26.2 Å². The zero-order valence-corrected chi connectivity index (χ0v) is 38.8. The van der Waals surface area contributed by atoms with E-state index in [1.165, 1.54) is 64.2 Å². The van der Waals surface area contributed by atoms with E-state index in [2.05, 4.69) is 55.5 Å². The highest BCUT2D eigenvalue weighted by Crippen LogP contribution is 2.43. The van der Waals surface area contributed by atoms with Crippen LogP contribution in [0.3, 0.4) is 0 Å². The molecule has 10 nitrogen and oxygen atoms in total. The summed E-state index contributed by atoms with van der Waals surface area (Å²) in [6.45, 7) is 5.01. The van der Waals surface area contributed by atoms with Crippen molar-refractivity contribution in [3.05, 3.63) is 72.9 Å². The molecule has 11 heteroatoms. The predicted octanol–water partition coefficient (Wildman–Crippen LogP) is 11.4. The van der Waals surface area contributed by atoms with Crippen LogP contribution in [0.4, 0.5) is 0 Å². The van der Waals surface area contributed by atoms with Crippen LogP contribution >= 0.6 is 7.82 Å². The summed E-state index contributed by atoms with van der Waals surface area (Å²) in [5.74, 6) is -0.417. The molecule has 0 aliphatic carbocycles. The largest absolute Gasteiger partial charge is 0.472 e. The molecule has 0 radical (unpaired) electrons. The Balaban J connectivity index is 4.41. The molecule has 4 unspecified atom stereocenters. The van der Waals surface area contributed by atoms with Crippen molar-refractivity contribution in [3.8, 4) is 0 Å². The highest BCUT2D eigenvalue weighted by atomic mass is 31.2. The van der Waals surface area contributed by atoms with Crippen molar-refractivity contribution < 1.29 is 47.5 Å². The molecule has 0 spiro atoms. The molecule has 0 rings (SSSR count). The van der Waals surface area contributed by atoms with Crippen LogP contribution < -0.4 is 0 Å². The molecule has 3 N–H and O–H groups in total. The third kappa shape index (κ3) is 42.3. The number of carbonyl (C=O) groups excluding carboxylic acids is 1. The molecule has 0 heterocycles. The Morgan fingerprint density at radius 3 is 1.63 bits per heavy atom. The standard InChI is InChI=1S/C48H86NO9P/c1-6-8-9-10-11-12-13-14-15-19-22-25-28-31-34-37-41-55-43-45(44-57-59(53,54)56-42-40-49(3,4)5)58-48(52)39-36-33-30-27-24-21-18-16-17-20-23-26-29-32-35-38-47(51)46(50)7-2/h14-17,21,23-24,26,30,32-33,35,45-47,50-51H,6-13,18-20,22,25,27-29,31,34,36-44H2,1-5H3/p+1/b15-14-,17-16+,24-21+,26-23+,33-30+,35-32+. The monoisotopic (exact) mass is 853 g/mol. The molecule has 342 valence electrons. The van der Waals surface area contributed by atoms with Gasteiger partial charge in [0.1, 0.15) is 19.3 Å². The molecule has 4 atom stereocenters. The minimum atomic E-state index is -4.32. The molecule has 0 saturated carbocycles. The summed E-state index contributed by atoms with van der Waals surface area (Å²) in [6.07, 6.45) is 45.2. The molecule has 0 amide bonds. The van der Waals surface area contributed by atoms with E-state index in [0.717, 1.165) is 51.4 Å². The molecule has 0 aromatic rings. The number of phosphoric acid groups is 1. The Hall–Kier alpha value is -2.14. The SMILES string of the molecule is CCCCCCCC/C=C\CCCCCCCCOCC(COP(=O)(O)OCC[N+](C)(C)C)OC(=O)CC/C=C/C/C=C/C/C=C/C/C=C/C/C=C/CC(O)C(O)CC. The van der Waals surface area contributed by atoms with E-state index in [4.69, 9.17) is 18.5 Å². The molecule has 0 aromatic heterocycles. The van der Waals surface area contributed by atoms with Gasteiger partial charge < -0.3 is 29.1 Å². The Kier molecular flexibility index (Phi) is 38.5. The van der Waals surface area contributed by atoms with Crippen molar-refractivity contribution in [3.63, 3.8) is 0 Å². The van der Waals surface area contributed by atoms with Crippen molar-refractivity contribution in [2.45, 2.75) is 173 Å². The number of phosphoric ester groups is 1. The van der Waals surface area contributed by atoms with Gasteiger partial charge in [-0.05, 0) is 77.0 Å². The molecular formula is C48H87NO9P+. The third-order valence-corrected chi connectivity index (χ3v) is 10.5. The first-order chi connectivity index (χ1) is 28.4. The van der Waals surface area contributed by atoms with E-state index >= 15 is 0 Å². The fourth-order valence-electron chi connectivity index (χ4n) is 5.74. The van der Waals surface area contributed by atoms with Crippen LogP contribution in [0, 0.1) is 0 Å². The number of likely N-dealkylation sites (N-methyl/N-ethyl adjacent to an activating group) is 1. The van der Waals surface area contributed by atoms with Gasteiger partial charge in [0, 0.05) is 13.0 Å². The van der Waals surface area contributed by atoms with Gasteiger partial charge in [-0.25, -0.2) is 4.57 Å². The molecule has 59 heavy (non-hydrogen) atoms. The number of allylic oxidation sites excluding steroid dienone is 11. The number of nitrogens with zero attached hydrogens (tertiary/aromatic N) is 1. The summed E-state index contributed by atoms with van der Waals surface area (Å²) >= 11 is 0. The van der Waals surface area contributed by atoms with Crippen molar-refractivity contribution >= 4 is 13.8 Å². The summed E-state index contributed by atoms with van der Waals surface area (Å²) in [4.78, 5) is 22.9. The second-order valence-electron chi connectivity index (χ2n) is 16.4. The number of carbonyl (C=O) groups is 1. The summed E-state index contributed by atoms with van der Waals surface area (Å²) < 4.78 is 34.9.